The zero-order valence-corrected chi connectivity index (χ0v) is 15.3. The maximum absolute atomic E-state index is 11.8. The van der Waals surface area contributed by atoms with Gasteiger partial charge in [-0.1, -0.05) is 12.1 Å². The molecule has 3 N–H and O–H groups in total. The van der Waals surface area contributed by atoms with Gasteiger partial charge in [-0.05, 0) is 41.0 Å². The highest BCUT2D eigenvalue weighted by atomic mass is 32.2. The average Bonchev–Trinajstić information content (AvgIpc) is 2.60. The van der Waals surface area contributed by atoms with Crippen molar-refractivity contribution in [2.24, 2.45) is 5.73 Å². The Morgan fingerprint density at radius 1 is 1.04 bits per heavy atom. The first-order valence-corrected chi connectivity index (χ1v) is 9.79. The third-order valence-electron chi connectivity index (χ3n) is 4.55. The van der Waals surface area contributed by atoms with E-state index in [4.69, 9.17) is 15.2 Å². The van der Waals surface area contributed by atoms with Crippen molar-refractivity contribution in [3.63, 3.8) is 0 Å². The van der Waals surface area contributed by atoms with Gasteiger partial charge in [0.2, 0.25) is 0 Å². The molecule has 2 aromatic rings. The molecule has 0 radical (unpaired) electrons. The van der Waals surface area contributed by atoms with E-state index in [1.165, 1.54) is 6.26 Å². The molecule has 0 saturated heterocycles. The van der Waals surface area contributed by atoms with Gasteiger partial charge in [-0.2, -0.15) is 0 Å². The number of benzene rings is 2. The maximum Gasteiger partial charge on any atom is 0.175 e. The second-order valence-corrected chi connectivity index (χ2v) is 8.13. The number of hydrogen-bond donors (Lipinski definition) is 2. The van der Waals surface area contributed by atoms with Crippen LogP contribution >= 0.6 is 0 Å². The number of sulfone groups is 1. The molecule has 1 aliphatic heterocycles. The summed E-state index contributed by atoms with van der Waals surface area (Å²) in [7, 11) is -0.0832. The number of rotatable bonds is 4. The fourth-order valence-corrected chi connectivity index (χ4v) is 3.86. The van der Waals surface area contributed by atoms with Gasteiger partial charge in [0.1, 0.15) is 0 Å². The van der Waals surface area contributed by atoms with E-state index in [1.807, 2.05) is 24.3 Å². The Hall–Kier alpha value is -2.09. The van der Waals surface area contributed by atoms with Crippen molar-refractivity contribution in [2.45, 2.75) is 17.0 Å². The lowest BCUT2D eigenvalue weighted by Crippen LogP contribution is -2.38. The second kappa shape index (κ2) is 6.67. The topological polar surface area (TPSA) is 90.6 Å². The van der Waals surface area contributed by atoms with Gasteiger partial charge in [-0.15, -0.1) is 0 Å². The molecule has 0 bridgehead atoms. The molecule has 2 atom stereocenters. The van der Waals surface area contributed by atoms with Gasteiger partial charge >= 0.3 is 0 Å². The van der Waals surface area contributed by atoms with E-state index < -0.39 is 16.0 Å². The lowest BCUT2D eigenvalue weighted by molar-refractivity contribution is 0.354. The van der Waals surface area contributed by atoms with Crippen LogP contribution in [-0.2, 0) is 9.84 Å². The highest BCUT2D eigenvalue weighted by Gasteiger charge is 2.27. The lowest BCUT2D eigenvalue weighted by Gasteiger charge is -2.31. The molecule has 6 nitrogen and oxygen atoms in total. The first-order chi connectivity index (χ1) is 11.8. The van der Waals surface area contributed by atoms with Crippen molar-refractivity contribution in [3.05, 3.63) is 53.1 Å². The number of nitrogens with two attached hydrogens (primary N) is 1. The molecule has 0 spiro atoms. The molecule has 3 rings (SSSR count). The zero-order chi connectivity index (χ0) is 18.2. The summed E-state index contributed by atoms with van der Waals surface area (Å²) in [6, 6.07) is 10.9. The minimum atomic E-state index is -3.28. The fraction of sp³-hybridized carbons (Fsp3) is 0.333. The molecule has 25 heavy (non-hydrogen) atoms. The number of fused-ring (bicyclic) bond motifs is 1. The lowest BCUT2D eigenvalue weighted by atomic mass is 9.84. The van der Waals surface area contributed by atoms with E-state index >= 15 is 0 Å². The molecule has 1 heterocycles. The van der Waals surface area contributed by atoms with Crippen molar-refractivity contribution >= 4 is 9.84 Å². The smallest absolute Gasteiger partial charge is 0.175 e. The maximum atomic E-state index is 11.8. The highest BCUT2D eigenvalue weighted by molar-refractivity contribution is 7.90. The Kier molecular flexibility index (Phi) is 4.73. The number of nitrogens with one attached hydrogen (secondary N) is 1. The monoisotopic (exact) mass is 362 g/mol. The summed E-state index contributed by atoms with van der Waals surface area (Å²) >= 11 is 0. The van der Waals surface area contributed by atoms with Crippen LogP contribution in [0.25, 0.3) is 0 Å². The molecule has 2 aromatic carbocycles. The molecule has 134 valence electrons. The predicted octanol–water partition coefficient (Wildman–Crippen LogP) is 1.80. The van der Waals surface area contributed by atoms with Gasteiger partial charge in [0.15, 0.2) is 21.3 Å². The Bertz CT molecular complexity index is 896. The van der Waals surface area contributed by atoms with E-state index in [-0.39, 0.29) is 10.8 Å². The van der Waals surface area contributed by atoms with Crippen molar-refractivity contribution in [1.82, 2.24) is 5.32 Å². The van der Waals surface area contributed by atoms with E-state index in [1.54, 1.807) is 26.4 Å². The molecule has 2 unspecified atom stereocenters. The number of ether oxygens (including phenoxy) is 2. The number of methoxy groups -OCH3 is 2. The van der Waals surface area contributed by atoms with Crippen LogP contribution in [0.2, 0.25) is 0 Å². The van der Waals surface area contributed by atoms with Crippen molar-refractivity contribution in [1.29, 1.82) is 0 Å². The Labute approximate surface area is 147 Å². The number of hydrogen-bond acceptors (Lipinski definition) is 6. The van der Waals surface area contributed by atoms with Gasteiger partial charge in [0.05, 0.1) is 25.3 Å². The summed E-state index contributed by atoms with van der Waals surface area (Å²) in [5.41, 5.74) is 9.02. The van der Waals surface area contributed by atoms with E-state index in [9.17, 15) is 8.42 Å². The van der Waals surface area contributed by atoms with E-state index in [0.29, 0.717) is 18.0 Å². The normalized spacial score (nSPS) is 20.0. The molecule has 1 aliphatic rings. The minimum absolute atomic E-state index is 0.0446. The molecule has 7 heteroatoms. The Balaban J connectivity index is 2.08. The SMILES string of the molecule is COc1ccc(C2CNC(N)c3cc(S(C)(=O)=O)ccc32)cc1OC. The van der Waals surface area contributed by atoms with Crippen LogP contribution in [0, 0.1) is 0 Å². The summed E-state index contributed by atoms with van der Waals surface area (Å²) in [5, 5.41) is 3.24. The molecular weight excluding hydrogens is 340 g/mol. The summed E-state index contributed by atoms with van der Waals surface area (Å²) in [5.74, 6) is 1.37. The standard InChI is InChI=1S/C18H22N2O4S/c1-23-16-7-4-11(8-17(16)24-2)15-10-20-18(19)14-9-12(25(3,21)22)5-6-13(14)15/h4-9,15,18,20H,10,19H2,1-3H3. The molecule has 0 saturated carbocycles. The Morgan fingerprint density at radius 2 is 1.76 bits per heavy atom. The summed E-state index contributed by atoms with van der Waals surface area (Å²) in [4.78, 5) is 0.275. The quantitative estimate of drug-likeness (QED) is 0.862. The van der Waals surface area contributed by atoms with Crippen molar-refractivity contribution in [2.75, 3.05) is 27.0 Å². The van der Waals surface area contributed by atoms with Gasteiger partial charge in [0, 0.05) is 18.7 Å². The van der Waals surface area contributed by atoms with Crippen LogP contribution in [0.15, 0.2) is 41.3 Å². The molecular formula is C18H22N2O4S. The average molecular weight is 362 g/mol. The molecule has 0 aromatic heterocycles. The van der Waals surface area contributed by atoms with Crippen LogP contribution < -0.4 is 20.5 Å². The largest absolute Gasteiger partial charge is 0.493 e. The van der Waals surface area contributed by atoms with E-state index in [0.717, 1.165) is 16.7 Å². The third-order valence-corrected chi connectivity index (χ3v) is 5.66. The summed E-state index contributed by atoms with van der Waals surface area (Å²) in [6.45, 7) is 0.655. The van der Waals surface area contributed by atoms with Gasteiger partial charge in [0.25, 0.3) is 0 Å². The van der Waals surface area contributed by atoms with Crippen molar-refractivity contribution < 1.29 is 17.9 Å². The van der Waals surface area contributed by atoms with Crippen LogP contribution in [0.4, 0.5) is 0 Å². The molecule has 0 fully saturated rings. The predicted molar refractivity (Wildman–Crippen MR) is 95.9 cm³/mol. The first-order valence-electron chi connectivity index (χ1n) is 7.90. The van der Waals surface area contributed by atoms with Gasteiger partial charge in [-0.3, -0.25) is 5.32 Å². The zero-order valence-electron chi connectivity index (χ0n) is 14.4. The van der Waals surface area contributed by atoms with Crippen LogP contribution in [0.3, 0.4) is 0 Å². The summed E-state index contributed by atoms with van der Waals surface area (Å²) in [6.07, 6.45) is 0.801. The Morgan fingerprint density at radius 3 is 2.40 bits per heavy atom. The van der Waals surface area contributed by atoms with E-state index in [2.05, 4.69) is 5.32 Å². The van der Waals surface area contributed by atoms with Crippen molar-refractivity contribution in [3.8, 4) is 11.5 Å². The van der Waals surface area contributed by atoms with Crippen LogP contribution in [0.1, 0.15) is 28.8 Å². The molecule has 0 amide bonds. The van der Waals surface area contributed by atoms with Gasteiger partial charge in [-0.25, -0.2) is 8.42 Å². The van der Waals surface area contributed by atoms with Gasteiger partial charge < -0.3 is 15.2 Å². The minimum Gasteiger partial charge on any atom is -0.493 e. The molecule has 0 aliphatic carbocycles. The summed E-state index contributed by atoms with van der Waals surface area (Å²) < 4.78 is 34.4. The third kappa shape index (κ3) is 3.35. The van der Waals surface area contributed by atoms with Crippen LogP contribution in [0.5, 0.6) is 11.5 Å². The first kappa shape index (κ1) is 17.7. The second-order valence-electron chi connectivity index (χ2n) is 6.12. The highest BCUT2D eigenvalue weighted by Crippen LogP contribution is 2.37. The van der Waals surface area contributed by atoms with Crippen LogP contribution in [-0.4, -0.2) is 35.4 Å². The fourth-order valence-electron chi connectivity index (χ4n) is 3.20.